The molecule has 0 aliphatic carbocycles. The normalized spacial score (nSPS) is 11.6. The second-order valence-corrected chi connectivity index (χ2v) is 8.14. The minimum Gasteiger partial charge on any atom is -0.429 e. The third-order valence-electron chi connectivity index (χ3n) is 5.48. The van der Waals surface area contributed by atoms with Crippen molar-refractivity contribution >= 4 is 0 Å². The Morgan fingerprint density at radius 1 is 0.703 bits per heavy atom. The lowest BCUT2D eigenvalue weighted by Gasteiger charge is -2.20. The van der Waals surface area contributed by atoms with Crippen molar-refractivity contribution < 1.29 is 39.9 Å². The first kappa shape index (κ1) is 26.1. The molecule has 0 atom stereocenters. The van der Waals surface area contributed by atoms with Crippen LogP contribution in [0.3, 0.4) is 0 Å². The number of halogens is 8. The molecule has 1 aromatic heterocycles. The maximum absolute atomic E-state index is 14.8. The maximum Gasteiger partial charge on any atom is 0.432 e. The van der Waals surface area contributed by atoms with Crippen LogP contribution in [0.25, 0.3) is 22.4 Å². The number of aromatic nitrogens is 1. The van der Waals surface area contributed by atoms with Gasteiger partial charge in [0.05, 0.1) is 0 Å². The van der Waals surface area contributed by atoms with Crippen LogP contribution in [-0.4, -0.2) is 4.98 Å². The Morgan fingerprint density at radius 2 is 1.27 bits per heavy atom. The summed E-state index contributed by atoms with van der Waals surface area (Å²) in [6, 6.07) is 9.43. The largest absolute Gasteiger partial charge is 0.432 e. The molecule has 0 aliphatic heterocycles. The number of hydrogen-bond acceptors (Lipinski definition) is 2. The zero-order chi connectivity index (χ0) is 26.9. The zero-order valence-corrected chi connectivity index (χ0v) is 19.1. The summed E-state index contributed by atoms with van der Waals surface area (Å²) in [5, 5.41) is 0. The number of ether oxygens (including phenoxy) is 1. The molecule has 0 saturated carbocycles. The lowest BCUT2D eigenvalue weighted by Crippen LogP contribution is -2.25. The van der Waals surface area contributed by atoms with Gasteiger partial charge in [0.25, 0.3) is 0 Å². The summed E-state index contributed by atoms with van der Waals surface area (Å²) in [7, 11) is 0. The SMILES string of the molecule is CCCc1ccc(-c2cnc(-c3cc(F)c(C(F)(F)Oc4cc(F)c(F)c(F)c4)c(F)c3)c(F)c2)cc1. The van der Waals surface area contributed by atoms with Gasteiger partial charge >= 0.3 is 6.11 Å². The van der Waals surface area contributed by atoms with E-state index in [1.54, 1.807) is 12.1 Å². The van der Waals surface area contributed by atoms with Crippen molar-refractivity contribution in [1.82, 2.24) is 4.98 Å². The number of benzene rings is 3. The molecule has 2 nitrogen and oxygen atoms in total. The molecule has 37 heavy (non-hydrogen) atoms. The molecule has 0 amide bonds. The number of aryl methyl sites for hydroxylation is 1. The molecule has 1 heterocycles. The monoisotopic (exact) mass is 523 g/mol. The average Bonchev–Trinajstić information content (AvgIpc) is 2.82. The quantitative estimate of drug-likeness (QED) is 0.180. The summed E-state index contributed by atoms with van der Waals surface area (Å²) >= 11 is 0. The fraction of sp³-hybridized carbons (Fsp3) is 0.148. The molecule has 0 fully saturated rings. The van der Waals surface area contributed by atoms with Crippen LogP contribution in [-0.2, 0) is 12.5 Å². The maximum atomic E-state index is 14.8. The molecule has 0 saturated heterocycles. The zero-order valence-electron chi connectivity index (χ0n) is 19.1. The molecule has 0 aliphatic rings. The number of pyridine rings is 1. The molecule has 0 N–H and O–H groups in total. The minimum atomic E-state index is -4.76. The van der Waals surface area contributed by atoms with Gasteiger partial charge in [-0.3, -0.25) is 4.98 Å². The van der Waals surface area contributed by atoms with Gasteiger partial charge in [0.1, 0.15) is 34.5 Å². The van der Waals surface area contributed by atoms with E-state index in [2.05, 4.69) is 9.72 Å². The summed E-state index contributed by atoms with van der Waals surface area (Å²) in [5.74, 6) is -11.5. The van der Waals surface area contributed by atoms with Gasteiger partial charge in [-0.15, -0.1) is 0 Å². The predicted molar refractivity (Wildman–Crippen MR) is 120 cm³/mol. The van der Waals surface area contributed by atoms with E-state index in [4.69, 9.17) is 0 Å². The lowest BCUT2D eigenvalue weighted by atomic mass is 10.0. The minimum absolute atomic E-state index is 0.0920. The Morgan fingerprint density at radius 3 is 1.81 bits per heavy atom. The van der Waals surface area contributed by atoms with Crippen LogP contribution in [0.4, 0.5) is 35.1 Å². The van der Waals surface area contributed by atoms with Crippen molar-refractivity contribution in [2.45, 2.75) is 25.9 Å². The fourth-order valence-electron chi connectivity index (χ4n) is 3.74. The molecule has 4 rings (SSSR count). The molecule has 4 aromatic rings. The molecule has 192 valence electrons. The molecule has 3 aromatic carbocycles. The van der Waals surface area contributed by atoms with Crippen molar-refractivity contribution in [2.24, 2.45) is 0 Å². The summed E-state index contributed by atoms with van der Waals surface area (Å²) in [5.41, 5.74) is -0.738. The van der Waals surface area contributed by atoms with E-state index >= 15 is 0 Å². The van der Waals surface area contributed by atoms with Gasteiger partial charge in [0.15, 0.2) is 17.5 Å². The van der Waals surface area contributed by atoms with Gasteiger partial charge in [0.2, 0.25) is 0 Å². The molecule has 0 unspecified atom stereocenters. The summed E-state index contributed by atoms with van der Waals surface area (Å²) < 4.78 is 117. The van der Waals surface area contributed by atoms with Gasteiger partial charge in [-0.1, -0.05) is 37.6 Å². The van der Waals surface area contributed by atoms with E-state index in [1.807, 2.05) is 19.1 Å². The number of hydrogen-bond donors (Lipinski definition) is 0. The predicted octanol–water partition coefficient (Wildman–Crippen LogP) is 8.33. The van der Waals surface area contributed by atoms with Crippen LogP contribution < -0.4 is 4.74 Å². The highest BCUT2D eigenvalue weighted by atomic mass is 19.3. The van der Waals surface area contributed by atoms with Gasteiger partial charge in [-0.05, 0) is 35.7 Å². The smallest absolute Gasteiger partial charge is 0.429 e. The van der Waals surface area contributed by atoms with Gasteiger partial charge in [-0.25, -0.2) is 26.3 Å². The first-order valence-electron chi connectivity index (χ1n) is 11.0. The molecule has 10 heteroatoms. The van der Waals surface area contributed by atoms with Crippen LogP contribution in [0, 0.1) is 34.9 Å². The summed E-state index contributed by atoms with van der Waals surface area (Å²) in [6.07, 6.45) is -1.66. The molecular weight excluding hydrogens is 506 g/mol. The second kappa shape index (κ2) is 10.2. The fourth-order valence-corrected chi connectivity index (χ4v) is 3.74. The first-order chi connectivity index (χ1) is 17.5. The second-order valence-electron chi connectivity index (χ2n) is 8.14. The Labute approximate surface area is 206 Å². The summed E-state index contributed by atoms with van der Waals surface area (Å²) in [4.78, 5) is 3.91. The van der Waals surface area contributed by atoms with Gasteiger partial charge in [-0.2, -0.15) is 8.78 Å². The molecule has 0 radical (unpaired) electrons. The van der Waals surface area contributed by atoms with Crippen molar-refractivity contribution in [3.8, 4) is 28.1 Å². The van der Waals surface area contributed by atoms with E-state index in [1.165, 1.54) is 6.20 Å². The first-order valence-corrected chi connectivity index (χ1v) is 11.0. The Kier molecular flexibility index (Phi) is 7.20. The topological polar surface area (TPSA) is 22.1 Å². The Hall–Kier alpha value is -3.95. The van der Waals surface area contributed by atoms with E-state index in [0.29, 0.717) is 23.3 Å². The Bertz CT molecular complexity index is 1410. The van der Waals surface area contributed by atoms with Crippen LogP contribution in [0.1, 0.15) is 24.5 Å². The average molecular weight is 523 g/mol. The van der Waals surface area contributed by atoms with Crippen molar-refractivity contribution in [1.29, 1.82) is 0 Å². The van der Waals surface area contributed by atoms with E-state index in [0.717, 1.165) is 24.5 Å². The van der Waals surface area contributed by atoms with Gasteiger partial charge in [0, 0.05) is 29.5 Å². The van der Waals surface area contributed by atoms with Crippen LogP contribution in [0.15, 0.2) is 60.8 Å². The third kappa shape index (κ3) is 5.42. The highest BCUT2D eigenvalue weighted by molar-refractivity contribution is 5.68. The Balaban J connectivity index is 1.64. The molecular formula is C27H17F8NO. The highest BCUT2D eigenvalue weighted by Gasteiger charge is 2.41. The van der Waals surface area contributed by atoms with E-state index in [9.17, 15) is 35.1 Å². The van der Waals surface area contributed by atoms with Gasteiger partial charge < -0.3 is 4.74 Å². The standard InChI is InChI=1S/C27H17F8NO/c1-2-3-14-4-6-15(7-5-14)17-10-23(32)26(36-13-17)16-8-19(28)24(20(29)9-16)27(34,35)37-18-11-21(30)25(33)22(31)12-18/h4-13H,2-3H2,1H3. The van der Waals surface area contributed by atoms with Crippen LogP contribution in [0.5, 0.6) is 5.75 Å². The number of nitrogens with zero attached hydrogens (tertiary/aromatic N) is 1. The van der Waals surface area contributed by atoms with Crippen molar-refractivity contribution in [2.75, 3.05) is 0 Å². The highest BCUT2D eigenvalue weighted by Crippen LogP contribution is 2.38. The lowest BCUT2D eigenvalue weighted by molar-refractivity contribution is -0.189. The molecule has 0 spiro atoms. The van der Waals surface area contributed by atoms with E-state index < -0.39 is 63.6 Å². The molecule has 0 bridgehead atoms. The third-order valence-corrected chi connectivity index (χ3v) is 5.48. The van der Waals surface area contributed by atoms with Crippen molar-refractivity contribution in [3.63, 3.8) is 0 Å². The van der Waals surface area contributed by atoms with Crippen LogP contribution >= 0.6 is 0 Å². The number of alkyl halides is 2. The number of rotatable bonds is 7. The summed E-state index contributed by atoms with van der Waals surface area (Å²) in [6.45, 7) is 2.03. The van der Waals surface area contributed by atoms with Crippen molar-refractivity contribution in [3.05, 3.63) is 107 Å². The van der Waals surface area contributed by atoms with Crippen LogP contribution in [0.2, 0.25) is 0 Å². The van der Waals surface area contributed by atoms with E-state index in [-0.39, 0.29) is 12.1 Å².